The molecule has 112 heavy (non-hydrogen) atoms. The fraction of sp³-hybridized carbons (Fsp3) is 0.966. The van der Waals surface area contributed by atoms with Crippen molar-refractivity contribution >= 4 is 17.8 Å². The van der Waals surface area contributed by atoms with Gasteiger partial charge in [-0.05, 0) is 12.8 Å². The van der Waals surface area contributed by atoms with Gasteiger partial charge in [0, 0.05) is 19.8 Å². The van der Waals surface area contributed by atoms with Gasteiger partial charge in [-0.3, -0.25) is 9.59 Å². The number of carbonyl (C=O) groups is 3. The third kappa shape index (κ3) is 45.8. The summed E-state index contributed by atoms with van der Waals surface area (Å²) in [6.45, 7) is 2.29. The van der Waals surface area contributed by atoms with E-state index >= 15 is 0 Å². The van der Waals surface area contributed by atoms with E-state index in [1.54, 1.807) is 0 Å². The number of aliphatic hydroxyl groups is 11. The highest BCUT2D eigenvalue weighted by atomic mass is 16.8. The van der Waals surface area contributed by atoms with E-state index in [9.17, 15) is 75.7 Å². The lowest BCUT2D eigenvalue weighted by Crippen LogP contribution is -2.70. The first kappa shape index (κ1) is 104. The average molecular weight is 1600 g/mol. The van der Waals surface area contributed by atoms with Crippen molar-refractivity contribution in [2.24, 2.45) is 0 Å². The number of aliphatic carboxylic acids is 1. The van der Waals surface area contributed by atoms with E-state index in [0.29, 0.717) is 19.3 Å². The lowest BCUT2D eigenvalue weighted by Gasteiger charge is -2.50. The highest BCUT2D eigenvalue weighted by Crippen LogP contribution is 2.39. The van der Waals surface area contributed by atoms with Crippen LogP contribution in [0.1, 0.15) is 412 Å². The van der Waals surface area contributed by atoms with E-state index in [1.165, 1.54) is 315 Å². The molecule has 23 heteroatoms. The van der Waals surface area contributed by atoms with E-state index in [4.69, 9.17) is 28.4 Å². The predicted octanol–water partition coefficient (Wildman–Crippen LogP) is 15.1. The van der Waals surface area contributed by atoms with Crippen LogP contribution in [-0.4, -0.2) is 215 Å². The summed E-state index contributed by atoms with van der Waals surface area (Å²) in [5, 5.41) is 137. The summed E-state index contributed by atoms with van der Waals surface area (Å²) in [7, 11) is 0. The summed E-state index contributed by atoms with van der Waals surface area (Å²) in [6, 6.07) is -2.53. The van der Waals surface area contributed by atoms with Crippen LogP contribution in [-0.2, 0) is 42.8 Å². The average Bonchev–Trinajstić information content (AvgIpc) is 0.754. The monoisotopic (exact) mass is 1600 g/mol. The van der Waals surface area contributed by atoms with Crippen LogP contribution in [0.15, 0.2) is 0 Å². The van der Waals surface area contributed by atoms with Crippen LogP contribution < -0.4 is 10.6 Å². The number of nitrogens with one attached hydrogen (secondary N) is 2. The van der Waals surface area contributed by atoms with E-state index in [0.717, 1.165) is 51.9 Å². The molecule has 0 radical (unpaired) electrons. The zero-order chi connectivity index (χ0) is 81.7. The summed E-state index contributed by atoms with van der Waals surface area (Å²) in [5.41, 5.74) is 0. The fourth-order valence-corrected chi connectivity index (χ4v) is 16.5. The lowest BCUT2D eigenvalue weighted by molar-refractivity contribution is -0.386. The van der Waals surface area contributed by atoms with Gasteiger partial charge in [-0.15, -0.1) is 0 Å². The molecule has 3 heterocycles. The van der Waals surface area contributed by atoms with Crippen molar-refractivity contribution in [2.45, 2.75) is 522 Å². The number of hydrogen-bond acceptors (Lipinski definition) is 20. The number of amides is 2. The molecule has 0 saturated carbocycles. The molecule has 2 amide bonds. The molecule has 0 bridgehead atoms. The maximum absolute atomic E-state index is 13.6. The van der Waals surface area contributed by atoms with Crippen LogP contribution in [0.25, 0.3) is 0 Å². The van der Waals surface area contributed by atoms with Crippen LogP contribution in [0.4, 0.5) is 0 Å². The number of aliphatic hydroxyl groups excluding tert-OH is 11. The first-order valence-electron chi connectivity index (χ1n) is 46.4. The zero-order valence-electron chi connectivity index (χ0n) is 70.8. The Bertz CT molecular complexity index is 2210. The number of carbonyl (C=O) groups excluding carboxylic acids is 2. The molecule has 18 atom stereocenters. The molecule has 3 aliphatic heterocycles. The Morgan fingerprint density at radius 1 is 0.429 bits per heavy atom. The number of hydrogen-bond donors (Lipinski definition) is 14. The molecule has 0 aromatic rings. The predicted molar refractivity (Wildman–Crippen MR) is 440 cm³/mol. The van der Waals surface area contributed by atoms with Gasteiger partial charge in [-0.1, -0.05) is 380 Å². The highest BCUT2D eigenvalue weighted by molar-refractivity contribution is 5.77. The number of carboxylic acids is 1. The third-order valence-electron chi connectivity index (χ3n) is 23.8. The fourth-order valence-electron chi connectivity index (χ4n) is 16.5. The molecule has 3 fully saturated rings. The second-order valence-corrected chi connectivity index (χ2v) is 33.9. The number of unbranched alkanes of at least 4 members (excludes halogenated alkanes) is 56. The van der Waals surface area contributed by atoms with Gasteiger partial charge >= 0.3 is 5.97 Å². The first-order valence-corrected chi connectivity index (χ1v) is 46.4. The second-order valence-electron chi connectivity index (χ2n) is 33.9. The molecule has 662 valence electrons. The van der Waals surface area contributed by atoms with E-state index < -0.39 is 148 Å². The smallest absolute Gasteiger partial charge is 0.364 e. The van der Waals surface area contributed by atoms with Crippen LogP contribution in [0.3, 0.4) is 0 Å². The maximum Gasteiger partial charge on any atom is 0.364 e. The zero-order valence-corrected chi connectivity index (χ0v) is 70.8. The minimum absolute atomic E-state index is 0.230. The quantitative estimate of drug-likeness (QED) is 0.0252. The molecule has 18 unspecified atom stereocenters. The second kappa shape index (κ2) is 67.5. The minimum atomic E-state index is -3.08. The van der Waals surface area contributed by atoms with E-state index in [-0.39, 0.29) is 18.9 Å². The SMILES string of the molecule is CCCCCCCCCCCCCCCCCCCCCCCCCCCCCCCCCCCCCCCC(=O)NC(COC1OC(CO)C(OC2OC(CO)C(O)C(OC3(C(=O)O)CC(O)C(NC(C)=O)C(C(O)C(O)CO)O3)C2O)C(O)C1O)C(O)CCCCCCCCCCCCCCCCCCCCCCC. The van der Waals surface area contributed by atoms with Crippen molar-refractivity contribution in [1.82, 2.24) is 10.6 Å². The van der Waals surface area contributed by atoms with Gasteiger partial charge in [0.2, 0.25) is 11.8 Å². The Balaban J connectivity index is 1.40. The van der Waals surface area contributed by atoms with Crippen LogP contribution in [0.2, 0.25) is 0 Å². The van der Waals surface area contributed by atoms with Gasteiger partial charge in [0.1, 0.15) is 67.1 Å². The molecule has 0 aromatic heterocycles. The summed E-state index contributed by atoms with van der Waals surface area (Å²) in [6.07, 6.45) is 47.0. The van der Waals surface area contributed by atoms with Crippen molar-refractivity contribution in [3.63, 3.8) is 0 Å². The molecular weight excluding hydrogens is 1430 g/mol. The molecule has 3 rings (SSSR count). The Labute approximate surface area is 678 Å². The summed E-state index contributed by atoms with van der Waals surface area (Å²) >= 11 is 0. The summed E-state index contributed by atoms with van der Waals surface area (Å²) in [4.78, 5) is 38.8. The molecule has 0 aromatic carbocycles. The first-order chi connectivity index (χ1) is 54.4. The van der Waals surface area contributed by atoms with Crippen molar-refractivity contribution in [3.05, 3.63) is 0 Å². The topological polar surface area (TPSA) is 373 Å². The van der Waals surface area contributed by atoms with Crippen molar-refractivity contribution in [3.8, 4) is 0 Å². The number of ether oxygens (including phenoxy) is 6. The van der Waals surface area contributed by atoms with Gasteiger partial charge in [0.25, 0.3) is 5.79 Å². The Morgan fingerprint density at radius 2 is 0.777 bits per heavy atom. The van der Waals surface area contributed by atoms with Crippen molar-refractivity contribution in [2.75, 3.05) is 26.4 Å². The Morgan fingerprint density at radius 3 is 1.12 bits per heavy atom. The van der Waals surface area contributed by atoms with Gasteiger partial charge in [0.15, 0.2) is 12.6 Å². The van der Waals surface area contributed by atoms with Gasteiger partial charge in [-0.2, -0.15) is 0 Å². The molecule has 23 nitrogen and oxygen atoms in total. The van der Waals surface area contributed by atoms with Crippen molar-refractivity contribution < 1.29 is 104 Å². The summed E-state index contributed by atoms with van der Waals surface area (Å²) in [5.74, 6) is -6.08. The van der Waals surface area contributed by atoms with Crippen LogP contribution >= 0.6 is 0 Å². The minimum Gasteiger partial charge on any atom is -0.477 e. The normalized spacial score (nSPS) is 25.3. The number of rotatable bonds is 76. The van der Waals surface area contributed by atoms with Gasteiger partial charge in [0.05, 0.1) is 50.7 Å². The Kier molecular flexibility index (Phi) is 62.6. The molecule has 14 N–H and O–H groups in total. The highest BCUT2D eigenvalue weighted by Gasteiger charge is 2.60. The number of carboxylic acid groups (broad SMARTS) is 1. The molecule has 3 saturated heterocycles. The Hall–Kier alpha value is -2.27. The largest absolute Gasteiger partial charge is 0.477 e. The van der Waals surface area contributed by atoms with Gasteiger partial charge in [-0.25, -0.2) is 4.79 Å². The molecular formula is C89H170N2O21. The maximum atomic E-state index is 13.6. The van der Waals surface area contributed by atoms with Crippen LogP contribution in [0, 0.1) is 0 Å². The lowest BCUT2D eigenvalue weighted by atomic mass is 9.88. The third-order valence-corrected chi connectivity index (χ3v) is 23.8. The van der Waals surface area contributed by atoms with Gasteiger partial charge < -0.3 is 100 Å². The molecule has 0 spiro atoms. The molecule has 3 aliphatic rings. The molecule has 0 aliphatic carbocycles. The summed E-state index contributed by atoms with van der Waals surface area (Å²) < 4.78 is 35.1. The van der Waals surface area contributed by atoms with Crippen molar-refractivity contribution in [1.29, 1.82) is 0 Å². The van der Waals surface area contributed by atoms with Crippen LogP contribution in [0.5, 0.6) is 0 Å². The van der Waals surface area contributed by atoms with E-state index in [2.05, 4.69) is 24.5 Å². The standard InChI is InChI=1S/C89H170N2O21/c1-4-6-8-10-12-14-16-18-20-22-24-26-27-28-29-30-31-32-33-34-35-36-37-38-39-40-41-43-45-47-49-51-53-55-57-59-61-63-76(99)91-70(71(96)62-60-58-56-54-52-50-48-46-44-42-25-23-21-19-17-15-13-11-9-7-5-2)68-107-86-81(103)80(102)83(75(67-94)109-86)110-87-82(104)85(79(101)74(66-93)108-87)112-89(88(105)106)64-72(97)77(90-69(3)95)84(111-89)78(100)73(98)65-92/h70-75,77-87,92-94,96-98,100-104H,4-68H2,1-3H3,(H,90,95)(H,91,99)(H,105,106). The van der Waals surface area contributed by atoms with E-state index in [1.807, 2.05) is 0 Å².